The summed E-state index contributed by atoms with van der Waals surface area (Å²) in [7, 11) is 0. The molecule has 3 N–H and O–H groups in total. The van der Waals surface area contributed by atoms with Crippen molar-refractivity contribution in [2.75, 3.05) is 18.4 Å². The second-order valence-corrected chi connectivity index (χ2v) is 6.39. The van der Waals surface area contributed by atoms with Crippen LogP contribution in [0.25, 0.3) is 0 Å². The standard InChI is InChI=1S/C19H25N4O2/c20-14-16-6-9-17(10-7-16)22-12-13-23(19(21)25)18(24)11-8-15-4-2-1-3-5-15/h6-7,9-11,15,22H,1-5,8,12-13H2,(H2,21,25). The first kappa shape index (κ1) is 18.8. The molecule has 1 aromatic rings. The van der Waals surface area contributed by atoms with Gasteiger partial charge < -0.3 is 11.1 Å². The van der Waals surface area contributed by atoms with Gasteiger partial charge in [-0.1, -0.05) is 32.1 Å². The topological polar surface area (TPSA) is 99.2 Å². The van der Waals surface area contributed by atoms with E-state index in [9.17, 15) is 9.59 Å². The minimum Gasteiger partial charge on any atom is -0.383 e. The van der Waals surface area contributed by atoms with Gasteiger partial charge in [-0.15, -0.1) is 0 Å². The zero-order valence-electron chi connectivity index (χ0n) is 14.4. The van der Waals surface area contributed by atoms with Gasteiger partial charge in [0.05, 0.1) is 18.1 Å². The number of carbonyl (C=O) groups excluding carboxylic acids is 2. The summed E-state index contributed by atoms with van der Waals surface area (Å²) in [6.07, 6.45) is 8.34. The number of primary amides is 1. The number of nitrogens with one attached hydrogen (secondary N) is 1. The van der Waals surface area contributed by atoms with Crippen LogP contribution in [0.1, 0.15) is 44.1 Å². The highest BCUT2D eigenvalue weighted by Crippen LogP contribution is 2.27. The van der Waals surface area contributed by atoms with E-state index in [2.05, 4.69) is 11.4 Å². The van der Waals surface area contributed by atoms with Crippen LogP contribution in [0.2, 0.25) is 0 Å². The molecule has 6 heteroatoms. The molecule has 0 atom stereocenters. The Morgan fingerprint density at radius 1 is 1.24 bits per heavy atom. The molecule has 1 aromatic carbocycles. The molecule has 0 aliphatic heterocycles. The van der Waals surface area contributed by atoms with Crippen LogP contribution in [0.15, 0.2) is 24.3 Å². The molecule has 0 bridgehead atoms. The Labute approximate surface area is 149 Å². The Kier molecular flexibility index (Phi) is 7.27. The van der Waals surface area contributed by atoms with E-state index in [1.165, 1.54) is 19.3 Å². The third-order valence-electron chi connectivity index (χ3n) is 4.56. The van der Waals surface area contributed by atoms with Gasteiger partial charge in [0.1, 0.15) is 0 Å². The van der Waals surface area contributed by atoms with E-state index in [-0.39, 0.29) is 12.5 Å². The zero-order chi connectivity index (χ0) is 18.1. The first-order chi connectivity index (χ1) is 12.1. The molecule has 0 aromatic heterocycles. The number of amides is 3. The van der Waals surface area contributed by atoms with Gasteiger partial charge in [0.25, 0.3) is 0 Å². The zero-order valence-corrected chi connectivity index (χ0v) is 14.4. The molecule has 0 spiro atoms. The second kappa shape index (κ2) is 9.67. The first-order valence-electron chi connectivity index (χ1n) is 8.78. The number of hydrogen-bond donors (Lipinski definition) is 2. The van der Waals surface area contributed by atoms with Gasteiger partial charge in [0, 0.05) is 18.8 Å². The summed E-state index contributed by atoms with van der Waals surface area (Å²) in [6.45, 7) is 0.604. The number of benzene rings is 1. The predicted octanol–water partition coefficient (Wildman–Crippen LogP) is 3.05. The third kappa shape index (κ3) is 6.11. The number of carbonyl (C=O) groups is 2. The molecule has 6 nitrogen and oxygen atoms in total. The fourth-order valence-corrected chi connectivity index (χ4v) is 3.10. The van der Waals surface area contributed by atoms with Gasteiger partial charge in [-0.3, -0.25) is 9.69 Å². The lowest BCUT2D eigenvalue weighted by atomic mass is 9.86. The first-order valence-corrected chi connectivity index (χ1v) is 8.78. The third-order valence-corrected chi connectivity index (χ3v) is 4.56. The van der Waals surface area contributed by atoms with E-state index in [1.54, 1.807) is 30.7 Å². The number of nitrogens with two attached hydrogens (primary N) is 1. The summed E-state index contributed by atoms with van der Waals surface area (Å²) in [5, 5.41) is 11.9. The number of nitrogens with zero attached hydrogens (tertiary/aromatic N) is 2. The van der Waals surface area contributed by atoms with Crippen LogP contribution in [0, 0.1) is 23.7 Å². The molecular formula is C19H25N4O2. The quantitative estimate of drug-likeness (QED) is 0.796. The molecule has 0 saturated heterocycles. The minimum absolute atomic E-state index is 0.204. The number of imide groups is 1. The van der Waals surface area contributed by atoms with Crippen LogP contribution >= 0.6 is 0 Å². The molecule has 1 radical (unpaired) electrons. The summed E-state index contributed by atoms with van der Waals surface area (Å²) >= 11 is 0. The number of anilines is 1. The Morgan fingerprint density at radius 2 is 1.92 bits per heavy atom. The molecule has 0 unspecified atom stereocenters. The van der Waals surface area contributed by atoms with Crippen molar-refractivity contribution >= 4 is 17.6 Å². The Bertz CT molecular complexity index is 615. The minimum atomic E-state index is -0.730. The maximum absolute atomic E-state index is 12.3. The summed E-state index contributed by atoms with van der Waals surface area (Å²) < 4.78 is 0. The molecule has 133 valence electrons. The van der Waals surface area contributed by atoms with E-state index in [0.29, 0.717) is 24.4 Å². The number of nitriles is 1. The van der Waals surface area contributed by atoms with Gasteiger partial charge >= 0.3 is 6.03 Å². The number of hydrogen-bond acceptors (Lipinski definition) is 4. The van der Waals surface area contributed by atoms with E-state index >= 15 is 0 Å². The number of urea groups is 1. The lowest BCUT2D eigenvalue weighted by Crippen LogP contribution is -2.43. The fourth-order valence-electron chi connectivity index (χ4n) is 3.10. The van der Waals surface area contributed by atoms with E-state index < -0.39 is 6.03 Å². The largest absolute Gasteiger partial charge is 0.383 e. The van der Waals surface area contributed by atoms with Crippen molar-refractivity contribution in [1.29, 1.82) is 5.26 Å². The molecular weight excluding hydrogens is 316 g/mol. The van der Waals surface area contributed by atoms with Crippen molar-refractivity contribution < 1.29 is 9.59 Å². The smallest absolute Gasteiger partial charge is 0.321 e. The van der Waals surface area contributed by atoms with Crippen molar-refractivity contribution in [2.24, 2.45) is 11.7 Å². The molecule has 1 saturated carbocycles. The number of rotatable bonds is 7. The van der Waals surface area contributed by atoms with Crippen LogP contribution < -0.4 is 11.1 Å². The monoisotopic (exact) mass is 341 g/mol. The molecule has 3 amide bonds. The predicted molar refractivity (Wildman–Crippen MR) is 96.4 cm³/mol. The van der Waals surface area contributed by atoms with Crippen molar-refractivity contribution in [3.63, 3.8) is 0 Å². The highest BCUT2D eigenvalue weighted by Gasteiger charge is 2.21. The van der Waals surface area contributed by atoms with Crippen molar-refractivity contribution in [2.45, 2.75) is 38.5 Å². The molecule has 25 heavy (non-hydrogen) atoms. The van der Waals surface area contributed by atoms with Crippen LogP contribution in [0.4, 0.5) is 10.5 Å². The lowest BCUT2D eigenvalue weighted by Gasteiger charge is -2.23. The van der Waals surface area contributed by atoms with E-state index in [4.69, 9.17) is 11.0 Å². The molecule has 1 fully saturated rings. The van der Waals surface area contributed by atoms with Crippen molar-refractivity contribution in [3.05, 3.63) is 36.2 Å². The van der Waals surface area contributed by atoms with E-state index in [0.717, 1.165) is 23.4 Å². The van der Waals surface area contributed by atoms with Gasteiger partial charge in [0.15, 0.2) is 0 Å². The van der Waals surface area contributed by atoms with Crippen molar-refractivity contribution in [3.8, 4) is 6.07 Å². The van der Waals surface area contributed by atoms with Crippen LogP contribution in [-0.2, 0) is 4.79 Å². The van der Waals surface area contributed by atoms with Crippen LogP contribution in [0.3, 0.4) is 0 Å². The van der Waals surface area contributed by atoms with Gasteiger partial charge in [0.2, 0.25) is 5.91 Å². The van der Waals surface area contributed by atoms with E-state index in [1.807, 2.05) is 0 Å². The fraction of sp³-hybridized carbons (Fsp3) is 0.474. The molecule has 0 heterocycles. The van der Waals surface area contributed by atoms with Crippen molar-refractivity contribution in [1.82, 2.24) is 4.90 Å². The average molecular weight is 341 g/mol. The normalized spacial score (nSPS) is 14.5. The molecule has 2 rings (SSSR count). The molecule has 1 aliphatic rings. The highest BCUT2D eigenvalue weighted by atomic mass is 16.2. The highest BCUT2D eigenvalue weighted by molar-refractivity contribution is 5.98. The maximum atomic E-state index is 12.3. The second-order valence-electron chi connectivity index (χ2n) is 6.39. The Balaban J connectivity index is 1.77. The lowest BCUT2D eigenvalue weighted by molar-refractivity contribution is -0.124. The summed E-state index contributed by atoms with van der Waals surface area (Å²) in [5.74, 6) is 0.226. The SMILES string of the molecule is N#Cc1ccc(NCCN(C(N)=O)C(=O)[CH]CC2CCCCC2)cc1. The Hall–Kier alpha value is -2.55. The maximum Gasteiger partial charge on any atom is 0.321 e. The summed E-state index contributed by atoms with van der Waals surface area (Å²) in [6, 6.07) is 8.30. The Morgan fingerprint density at radius 3 is 2.52 bits per heavy atom. The summed E-state index contributed by atoms with van der Waals surface area (Å²) in [5.41, 5.74) is 6.75. The van der Waals surface area contributed by atoms with Gasteiger partial charge in [-0.05, 0) is 36.6 Å². The van der Waals surface area contributed by atoms with Gasteiger partial charge in [-0.25, -0.2) is 4.79 Å². The summed E-state index contributed by atoms with van der Waals surface area (Å²) in [4.78, 5) is 24.9. The molecule has 1 aliphatic carbocycles. The average Bonchev–Trinajstić information content (AvgIpc) is 2.64. The van der Waals surface area contributed by atoms with Crippen LogP contribution in [-0.4, -0.2) is 29.9 Å². The van der Waals surface area contributed by atoms with Gasteiger partial charge in [-0.2, -0.15) is 5.26 Å². The van der Waals surface area contributed by atoms with Crippen LogP contribution in [0.5, 0.6) is 0 Å².